The van der Waals surface area contributed by atoms with E-state index < -0.39 is 0 Å². The number of aromatic hydroxyl groups is 1. The molecule has 1 unspecified atom stereocenters. The smallest absolute Gasteiger partial charge is 0.237 e. The highest BCUT2D eigenvalue weighted by Gasteiger charge is 2.28. The molecule has 2 aromatic rings. The number of nitrogens with one attached hydrogen (secondary N) is 1. The zero-order valence-electron chi connectivity index (χ0n) is 18.4. The fourth-order valence-electron chi connectivity index (χ4n) is 4.60. The maximum Gasteiger partial charge on any atom is 0.237 e. The molecular weight excluding hydrogens is 388 g/mol. The van der Waals surface area contributed by atoms with E-state index in [1.54, 1.807) is 12.1 Å². The number of piperazine rings is 1. The van der Waals surface area contributed by atoms with Crippen molar-refractivity contribution >= 4 is 11.6 Å². The van der Waals surface area contributed by atoms with E-state index in [0.29, 0.717) is 5.75 Å². The number of phenolic OH excluding ortho intramolecular Hbond substituents is 1. The van der Waals surface area contributed by atoms with Gasteiger partial charge in [-0.2, -0.15) is 0 Å². The summed E-state index contributed by atoms with van der Waals surface area (Å²) in [7, 11) is 0. The molecule has 2 heterocycles. The second-order valence-corrected chi connectivity index (χ2v) is 8.76. The van der Waals surface area contributed by atoms with Gasteiger partial charge in [0.2, 0.25) is 5.91 Å². The lowest BCUT2D eigenvalue weighted by Crippen LogP contribution is -2.56. The Kier molecular flexibility index (Phi) is 7.10. The molecule has 0 aliphatic carbocycles. The largest absolute Gasteiger partial charge is 0.508 e. The summed E-state index contributed by atoms with van der Waals surface area (Å²) >= 11 is 0. The highest BCUT2D eigenvalue weighted by molar-refractivity contribution is 5.81. The van der Waals surface area contributed by atoms with Crippen LogP contribution in [0.4, 0.5) is 5.69 Å². The van der Waals surface area contributed by atoms with Crippen molar-refractivity contribution in [1.82, 2.24) is 15.1 Å². The van der Waals surface area contributed by atoms with Gasteiger partial charge in [0.15, 0.2) is 0 Å². The van der Waals surface area contributed by atoms with Gasteiger partial charge < -0.3 is 15.3 Å². The molecule has 2 N–H and O–H groups in total. The van der Waals surface area contributed by atoms with E-state index in [1.165, 1.54) is 5.56 Å². The Bertz CT molecular complexity index is 826. The zero-order chi connectivity index (χ0) is 21.6. The fraction of sp³-hybridized carbons (Fsp3) is 0.480. The summed E-state index contributed by atoms with van der Waals surface area (Å²) < 4.78 is 0. The van der Waals surface area contributed by atoms with Gasteiger partial charge in [0.25, 0.3) is 0 Å². The van der Waals surface area contributed by atoms with Gasteiger partial charge in [-0.25, -0.2) is 0 Å². The number of piperidine rings is 1. The maximum atomic E-state index is 12.9. The molecule has 0 bridgehead atoms. The minimum absolute atomic E-state index is 0.107. The number of amides is 1. The van der Waals surface area contributed by atoms with Gasteiger partial charge in [-0.05, 0) is 49.6 Å². The van der Waals surface area contributed by atoms with E-state index in [0.717, 1.165) is 64.3 Å². The maximum absolute atomic E-state index is 12.9. The zero-order valence-corrected chi connectivity index (χ0v) is 18.4. The first-order chi connectivity index (χ1) is 15.1. The fourth-order valence-corrected chi connectivity index (χ4v) is 4.60. The summed E-state index contributed by atoms with van der Waals surface area (Å²) in [6, 6.07) is 18.1. The normalized spacial score (nSPS) is 19.8. The Morgan fingerprint density at radius 2 is 1.61 bits per heavy atom. The molecule has 6 nitrogen and oxygen atoms in total. The summed E-state index contributed by atoms with van der Waals surface area (Å²) in [5.41, 5.74) is 2.47. The number of hydrogen-bond donors (Lipinski definition) is 2. The van der Waals surface area contributed by atoms with Crippen molar-refractivity contribution in [2.45, 2.75) is 38.4 Å². The van der Waals surface area contributed by atoms with Crippen LogP contribution in [-0.4, -0.2) is 72.2 Å². The Hall–Kier alpha value is -2.57. The SMILES string of the molecule is CC(C(=O)NC1CCN(Cc2ccccc2)CC1)N1CCN(c2ccc(O)cc2)CC1. The molecule has 1 amide bonds. The van der Waals surface area contributed by atoms with Crippen molar-refractivity contribution in [2.75, 3.05) is 44.2 Å². The van der Waals surface area contributed by atoms with E-state index in [-0.39, 0.29) is 18.0 Å². The number of likely N-dealkylation sites (tertiary alicyclic amines) is 1. The van der Waals surface area contributed by atoms with Gasteiger partial charge in [0, 0.05) is 57.5 Å². The number of benzene rings is 2. The number of rotatable bonds is 6. The van der Waals surface area contributed by atoms with Crippen molar-refractivity contribution in [2.24, 2.45) is 0 Å². The second kappa shape index (κ2) is 10.2. The van der Waals surface area contributed by atoms with Crippen LogP contribution < -0.4 is 10.2 Å². The number of phenols is 1. The Morgan fingerprint density at radius 1 is 0.968 bits per heavy atom. The molecule has 2 aliphatic heterocycles. The van der Waals surface area contributed by atoms with Gasteiger partial charge >= 0.3 is 0 Å². The molecule has 2 saturated heterocycles. The lowest BCUT2D eigenvalue weighted by molar-refractivity contribution is -0.127. The topological polar surface area (TPSA) is 59.1 Å². The van der Waals surface area contributed by atoms with E-state index in [2.05, 4.69) is 50.3 Å². The summed E-state index contributed by atoms with van der Waals surface area (Å²) in [6.45, 7) is 8.58. The van der Waals surface area contributed by atoms with Crippen LogP contribution in [0.25, 0.3) is 0 Å². The standard InChI is InChI=1S/C25H34N4O2/c1-20(28-15-17-29(18-16-28)23-7-9-24(30)10-8-23)25(31)26-22-11-13-27(14-12-22)19-21-5-3-2-4-6-21/h2-10,20,22,30H,11-19H2,1H3,(H,26,31). The van der Waals surface area contributed by atoms with E-state index in [4.69, 9.17) is 0 Å². The highest BCUT2D eigenvalue weighted by Crippen LogP contribution is 2.21. The van der Waals surface area contributed by atoms with Gasteiger partial charge in [0.05, 0.1) is 6.04 Å². The Morgan fingerprint density at radius 3 is 2.26 bits per heavy atom. The van der Waals surface area contributed by atoms with Crippen LogP contribution in [0, 0.1) is 0 Å². The van der Waals surface area contributed by atoms with Crippen molar-refractivity contribution in [1.29, 1.82) is 0 Å². The van der Waals surface area contributed by atoms with E-state index >= 15 is 0 Å². The molecule has 2 aromatic carbocycles. The molecule has 2 aliphatic rings. The number of hydrogen-bond acceptors (Lipinski definition) is 5. The first-order valence-corrected chi connectivity index (χ1v) is 11.4. The summed E-state index contributed by atoms with van der Waals surface area (Å²) in [5, 5.41) is 12.8. The molecule has 0 radical (unpaired) electrons. The van der Waals surface area contributed by atoms with Crippen molar-refractivity contribution in [3.63, 3.8) is 0 Å². The molecule has 31 heavy (non-hydrogen) atoms. The summed E-state index contributed by atoms with van der Waals surface area (Å²) in [5.74, 6) is 0.443. The third kappa shape index (κ3) is 5.77. The number of carbonyl (C=O) groups is 1. The minimum Gasteiger partial charge on any atom is -0.508 e. The average molecular weight is 423 g/mol. The first-order valence-electron chi connectivity index (χ1n) is 11.4. The van der Waals surface area contributed by atoms with Crippen LogP contribution >= 0.6 is 0 Å². The lowest BCUT2D eigenvalue weighted by atomic mass is 10.0. The third-order valence-corrected chi connectivity index (χ3v) is 6.64. The van der Waals surface area contributed by atoms with Crippen molar-refractivity contribution < 1.29 is 9.90 Å². The van der Waals surface area contributed by atoms with Crippen LogP contribution in [0.2, 0.25) is 0 Å². The van der Waals surface area contributed by atoms with Gasteiger partial charge in [-0.3, -0.25) is 14.6 Å². The monoisotopic (exact) mass is 422 g/mol. The Balaban J connectivity index is 1.19. The first kappa shape index (κ1) is 21.7. The van der Waals surface area contributed by atoms with Crippen LogP contribution in [-0.2, 0) is 11.3 Å². The number of anilines is 1. The van der Waals surface area contributed by atoms with Gasteiger partial charge in [-0.15, -0.1) is 0 Å². The second-order valence-electron chi connectivity index (χ2n) is 8.76. The lowest BCUT2D eigenvalue weighted by Gasteiger charge is -2.39. The Labute approximate surface area is 185 Å². The predicted molar refractivity (Wildman–Crippen MR) is 124 cm³/mol. The molecular formula is C25H34N4O2. The summed E-state index contributed by atoms with van der Waals surface area (Å²) in [6.07, 6.45) is 2.03. The van der Waals surface area contributed by atoms with E-state index in [1.807, 2.05) is 19.1 Å². The molecule has 166 valence electrons. The predicted octanol–water partition coefficient (Wildman–Crippen LogP) is 2.68. The average Bonchev–Trinajstić information content (AvgIpc) is 2.81. The van der Waals surface area contributed by atoms with Crippen molar-refractivity contribution in [3.05, 3.63) is 60.2 Å². The van der Waals surface area contributed by atoms with Crippen LogP contribution in [0.1, 0.15) is 25.3 Å². The molecule has 6 heteroatoms. The number of carbonyl (C=O) groups excluding carboxylic acids is 1. The van der Waals surface area contributed by atoms with E-state index in [9.17, 15) is 9.90 Å². The van der Waals surface area contributed by atoms with Crippen LogP contribution in [0.5, 0.6) is 5.75 Å². The number of nitrogens with zero attached hydrogens (tertiary/aromatic N) is 3. The quantitative estimate of drug-likeness (QED) is 0.750. The highest BCUT2D eigenvalue weighted by atomic mass is 16.3. The summed E-state index contributed by atoms with van der Waals surface area (Å²) in [4.78, 5) is 19.9. The molecule has 1 atom stereocenters. The minimum atomic E-state index is -0.107. The van der Waals surface area contributed by atoms with Gasteiger partial charge in [-0.1, -0.05) is 30.3 Å². The molecule has 4 rings (SSSR count). The molecule has 0 saturated carbocycles. The van der Waals surface area contributed by atoms with Crippen LogP contribution in [0.3, 0.4) is 0 Å². The molecule has 0 aromatic heterocycles. The molecule has 0 spiro atoms. The van der Waals surface area contributed by atoms with Crippen LogP contribution in [0.15, 0.2) is 54.6 Å². The van der Waals surface area contributed by atoms with Gasteiger partial charge in [0.1, 0.15) is 5.75 Å². The third-order valence-electron chi connectivity index (χ3n) is 6.64. The van der Waals surface area contributed by atoms with Crippen molar-refractivity contribution in [3.8, 4) is 5.75 Å². The molecule has 2 fully saturated rings.